The molecule has 0 saturated carbocycles. The molecule has 1 aliphatic rings. The van der Waals surface area contributed by atoms with Crippen LogP contribution in [-0.2, 0) is 23.7 Å². The number of halogens is 7. The van der Waals surface area contributed by atoms with Gasteiger partial charge in [0, 0.05) is 17.7 Å². The zero-order valence-corrected chi connectivity index (χ0v) is 21.2. The number of alkyl halides is 6. The van der Waals surface area contributed by atoms with Crippen LogP contribution in [-0.4, -0.2) is 28.2 Å². The van der Waals surface area contributed by atoms with Gasteiger partial charge in [-0.1, -0.05) is 18.2 Å². The summed E-state index contributed by atoms with van der Waals surface area (Å²) in [5.41, 5.74) is -5.62. The monoisotopic (exact) mass is 577 g/mol. The molecule has 1 heterocycles. The van der Waals surface area contributed by atoms with Crippen molar-refractivity contribution >= 4 is 23.4 Å². The number of ketones is 1. The molecule has 0 unspecified atom stereocenters. The Morgan fingerprint density at radius 2 is 1.54 bits per heavy atom. The van der Waals surface area contributed by atoms with E-state index in [2.05, 4.69) is 0 Å². The van der Waals surface area contributed by atoms with E-state index in [0.717, 1.165) is 47.4 Å². The predicted molar refractivity (Wildman–Crippen MR) is 130 cm³/mol. The molecule has 13 heteroatoms. The summed E-state index contributed by atoms with van der Waals surface area (Å²) in [6.45, 7) is 2.17. The Balaban J connectivity index is 1.71. The lowest BCUT2D eigenvalue weighted by Crippen LogP contribution is -2.43. The second-order valence-electron chi connectivity index (χ2n) is 9.61. The second-order valence-corrected chi connectivity index (χ2v) is 9.61. The summed E-state index contributed by atoms with van der Waals surface area (Å²) in [7, 11) is 0. The van der Waals surface area contributed by atoms with Crippen LogP contribution in [0.5, 0.6) is 0 Å². The van der Waals surface area contributed by atoms with E-state index in [0.29, 0.717) is 23.1 Å². The number of hydrogen-bond acceptors (Lipinski definition) is 4. The number of carbonyl (C=O) groups excluding carboxylic acids is 3. The highest BCUT2D eigenvalue weighted by molar-refractivity contribution is 6.23. The molecule has 3 amide bonds. The first kappa shape index (κ1) is 29.3. The van der Waals surface area contributed by atoms with Crippen LogP contribution in [0.3, 0.4) is 0 Å². The fraction of sp³-hybridized carbons (Fsp3) is 0.214. The molecular formula is C28H18F7N3O3. The Labute approximate surface area is 228 Å². The van der Waals surface area contributed by atoms with Gasteiger partial charge in [-0.3, -0.25) is 9.59 Å². The second kappa shape index (κ2) is 10.0. The summed E-state index contributed by atoms with van der Waals surface area (Å²) in [4.78, 5) is 41.3. The maximum Gasteiger partial charge on any atom is 0.417 e. The Bertz CT molecular complexity index is 1600. The number of benzene rings is 3. The topological polar surface area (TPSA) is 81.5 Å². The highest BCUT2D eigenvalue weighted by Crippen LogP contribution is 2.38. The van der Waals surface area contributed by atoms with Crippen molar-refractivity contribution < 1.29 is 45.1 Å². The number of urea groups is 1. The van der Waals surface area contributed by atoms with Crippen LogP contribution in [0, 0.1) is 17.1 Å². The molecule has 0 aliphatic carbocycles. The van der Waals surface area contributed by atoms with Gasteiger partial charge in [-0.15, -0.1) is 0 Å². The minimum atomic E-state index is -4.95. The molecule has 0 bridgehead atoms. The third-order valence-electron chi connectivity index (χ3n) is 6.63. The molecule has 3 aromatic carbocycles. The quantitative estimate of drug-likeness (QED) is 0.192. The lowest BCUT2D eigenvalue weighted by atomic mass is 9.95. The third-order valence-corrected chi connectivity index (χ3v) is 6.63. The van der Waals surface area contributed by atoms with Gasteiger partial charge in [0.1, 0.15) is 11.4 Å². The van der Waals surface area contributed by atoms with Crippen molar-refractivity contribution in [3.8, 4) is 6.07 Å². The molecular weight excluding hydrogens is 559 g/mol. The smallest absolute Gasteiger partial charge is 0.305 e. The van der Waals surface area contributed by atoms with Gasteiger partial charge < -0.3 is 4.90 Å². The zero-order valence-electron chi connectivity index (χ0n) is 21.2. The molecule has 6 nitrogen and oxygen atoms in total. The molecule has 212 valence electrons. The minimum absolute atomic E-state index is 0.0307. The van der Waals surface area contributed by atoms with Gasteiger partial charge in [0.2, 0.25) is 0 Å². The fourth-order valence-corrected chi connectivity index (χ4v) is 4.37. The van der Waals surface area contributed by atoms with Gasteiger partial charge in [0.25, 0.3) is 5.91 Å². The van der Waals surface area contributed by atoms with Gasteiger partial charge in [-0.05, 0) is 61.9 Å². The van der Waals surface area contributed by atoms with E-state index in [9.17, 15) is 45.1 Å². The summed E-state index contributed by atoms with van der Waals surface area (Å²) in [5.74, 6) is -2.62. The fourth-order valence-electron chi connectivity index (χ4n) is 4.37. The van der Waals surface area contributed by atoms with E-state index in [1.165, 1.54) is 19.9 Å². The first-order valence-corrected chi connectivity index (χ1v) is 11.7. The van der Waals surface area contributed by atoms with Crippen molar-refractivity contribution in [2.24, 2.45) is 0 Å². The standard InChI is InChI=1S/C28H18F7N3O3/c1-26(2)24(40)38(20-10-6-16(13-36)22(12-20)28(33,34)35)25(41)37(26)14-17-5-9-19(29)11-21(17)23(39)15-3-7-18(8-4-15)27(30,31)32/h3-12H,14H2,1-2H3. The zero-order chi connectivity index (χ0) is 30.5. The number of carbonyl (C=O) groups is 3. The highest BCUT2D eigenvalue weighted by atomic mass is 19.4. The SMILES string of the molecule is CC1(C)C(=O)N(c2ccc(C#N)c(C(F)(F)F)c2)C(=O)N1Cc1ccc(F)cc1C(=O)c1ccc(C(F)(F)F)cc1. The first-order chi connectivity index (χ1) is 19.0. The third kappa shape index (κ3) is 5.37. The number of amides is 3. The number of rotatable bonds is 5. The van der Waals surface area contributed by atoms with Crippen LogP contribution in [0.4, 0.5) is 41.2 Å². The maximum atomic E-state index is 14.2. The van der Waals surface area contributed by atoms with Gasteiger partial charge in [0.05, 0.1) is 28.4 Å². The molecule has 1 saturated heterocycles. The van der Waals surface area contributed by atoms with Crippen molar-refractivity contribution in [1.82, 2.24) is 4.90 Å². The summed E-state index contributed by atoms with van der Waals surface area (Å²) in [5, 5.41) is 9.04. The number of imide groups is 1. The molecule has 4 rings (SSSR count). The van der Waals surface area contributed by atoms with Gasteiger partial charge in [-0.25, -0.2) is 14.1 Å². The molecule has 0 atom stereocenters. The number of nitrogens with zero attached hydrogens (tertiary/aromatic N) is 3. The molecule has 3 aromatic rings. The molecule has 0 radical (unpaired) electrons. The Kier molecular flexibility index (Phi) is 7.16. The van der Waals surface area contributed by atoms with Crippen LogP contribution in [0.1, 0.15) is 52.0 Å². The number of hydrogen-bond donors (Lipinski definition) is 0. The Morgan fingerprint density at radius 3 is 2.10 bits per heavy atom. The predicted octanol–water partition coefficient (Wildman–Crippen LogP) is 6.71. The van der Waals surface area contributed by atoms with Gasteiger partial charge >= 0.3 is 18.4 Å². The van der Waals surface area contributed by atoms with Crippen molar-refractivity contribution in [1.29, 1.82) is 5.26 Å². The van der Waals surface area contributed by atoms with Crippen LogP contribution in [0.15, 0.2) is 60.7 Å². The van der Waals surface area contributed by atoms with Crippen LogP contribution >= 0.6 is 0 Å². The lowest BCUT2D eigenvalue weighted by Gasteiger charge is -2.28. The van der Waals surface area contributed by atoms with E-state index in [1.54, 1.807) is 0 Å². The van der Waals surface area contributed by atoms with E-state index in [-0.39, 0.29) is 16.7 Å². The molecule has 0 aromatic heterocycles. The summed E-state index contributed by atoms with van der Waals surface area (Å²) < 4.78 is 93.5. The van der Waals surface area contributed by atoms with Crippen LogP contribution in [0.2, 0.25) is 0 Å². The normalized spacial score (nSPS) is 15.3. The average molecular weight is 577 g/mol. The van der Waals surface area contributed by atoms with Gasteiger partial charge in [0.15, 0.2) is 5.78 Å². The van der Waals surface area contributed by atoms with Crippen molar-refractivity contribution in [2.45, 2.75) is 38.3 Å². The molecule has 0 N–H and O–H groups in total. The summed E-state index contributed by atoms with van der Waals surface area (Å²) >= 11 is 0. The lowest BCUT2D eigenvalue weighted by molar-refractivity contribution is -0.138. The Morgan fingerprint density at radius 1 is 0.902 bits per heavy atom. The van der Waals surface area contributed by atoms with Crippen LogP contribution < -0.4 is 4.90 Å². The Hall–Kier alpha value is -4.73. The van der Waals surface area contributed by atoms with E-state index in [1.807, 2.05) is 0 Å². The average Bonchev–Trinajstić information content (AvgIpc) is 3.06. The molecule has 0 spiro atoms. The number of anilines is 1. The number of nitriles is 1. The first-order valence-electron chi connectivity index (χ1n) is 11.7. The minimum Gasteiger partial charge on any atom is -0.305 e. The molecule has 1 aliphatic heterocycles. The maximum absolute atomic E-state index is 14.2. The molecule has 41 heavy (non-hydrogen) atoms. The molecule has 1 fully saturated rings. The van der Waals surface area contributed by atoms with Gasteiger partial charge in [-0.2, -0.15) is 31.6 Å². The summed E-state index contributed by atoms with van der Waals surface area (Å²) in [6, 6.07) is 8.87. The van der Waals surface area contributed by atoms with Crippen molar-refractivity contribution in [2.75, 3.05) is 4.90 Å². The van der Waals surface area contributed by atoms with Crippen LogP contribution in [0.25, 0.3) is 0 Å². The van der Waals surface area contributed by atoms with E-state index >= 15 is 0 Å². The summed E-state index contributed by atoms with van der Waals surface area (Å²) in [6.07, 6.45) is -9.61. The van der Waals surface area contributed by atoms with Crippen molar-refractivity contribution in [3.63, 3.8) is 0 Å². The van der Waals surface area contributed by atoms with Crippen molar-refractivity contribution in [3.05, 3.63) is 99.9 Å². The van der Waals surface area contributed by atoms with E-state index in [4.69, 9.17) is 5.26 Å². The largest absolute Gasteiger partial charge is 0.417 e. The highest BCUT2D eigenvalue weighted by Gasteiger charge is 2.52. The van der Waals surface area contributed by atoms with E-state index < -0.39 is 70.4 Å².